The van der Waals surface area contributed by atoms with Crippen molar-refractivity contribution in [3.05, 3.63) is 30.6 Å². The van der Waals surface area contributed by atoms with E-state index in [0.29, 0.717) is 11.5 Å². The van der Waals surface area contributed by atoms with Gasteiger partial charge in [0, 0.05) is 11.3 Å². The zero-order valence-electron chi connectivity index (χ0n) is 9.33. The second kappa shape index (κ2) is 4.65. The van der Waals surface area contributed by atoms with E-state index in [1.54, 1.807) is 12.1 Å². The molecule has 0 aliphatic carbocycles. The Morgan fingerprint density at radius 1 is 1.53 bits per heavy atom. The first-order valence-electron chi connectivity index (χ1n) is 5.01. The van der Waals surface area contributed by atoms with Gasteiger partial charge in [-0.2, -0.15) is 5.10 Å². The minimum atomic E-state index is -0.367. The van der Waals surface area contributed by atoms with E-state index in [0.717, 1.165) is 5.56 Å². The minimum Gasteiger partial charge on any atom is -0.468 e. The molecule has 0 fully saturated rings. The SMILES string of the molecule is COC(=O)Cn1cnc(-c2cccc(N)c2)n1. The highest BCUT2D eigenvalue weighted by molar-refractivity contribution is 5.69. The Hall–Kier alpha value is -2.37. The molecule has 1 aromatic carbocycles. The predicted molar refractivity (Wildman–Crippen MR) is 61.9 cm³/mol. The van der Waals surface area contributed by atoms with E-state index in [1.165, 1.54) is 18.1 Å². The molecular formula is C11H12N4O2. The lowest BCUT2D eigenvalue weighted by Crippen LogP contribution is -2.11. The van der Waals surface area contributed by atoms with E-state index >= 15 is 0 Å². The molecule has 0 saturated carbocycles. The lowest BCUT2D eigenvalue weighted by molar-refractivity contribution is -0.141. The van der Waals surface area contributed by atoms with Crippen LogP contribution in [0.5, 0.6) is 0 Å². The van der Waals surface area contributed by atoms with Crippen molar-refractivity contribution in [2.75, 3.05) is 12.8 Å². The molecule has 88 valence electrons. The molecule has 0 saturated heterocycles. The van der Waals surface area contributed by atoms with Crippen LogP contribution < -0.4 is 5.73 Å². The van der Waals surface area contributed by atoms with Gasteiger partial charge in [-0.15, -0.1) is 0 Å². The first-order valence-corrected chi connectivity index (χ1v) is 5.01. The molecule has 0 amide bonds. The molecule has 1 aromatic heterocycles. The van der Waals surface area contributed by atoms with Gasteiger partial charge in [0.1, 0.15) is 12.9 Å². The van der Waals surface area contributed by atoms with E-state index in [9.17, 15) is 4.79 Å². The minimum absolute atomic E-state index is 0.0474. The summed E-state index contributed by atoms with van der Waals surface area (Å²) in [6.07, 6.45) is 1.48. The monoisotopic (exact) mass is 232 g/mol. The highest BCUT2D eigenvalue weighted by Gasteiger charge is 2.07. The molecule has 0 atom stereocenters. The van der Waals surface area contributed by atoms with Crippen LogP contribution in [0.15, 0.2) is 30.6 Å². The second-order valence-electron chi connectivity index (χ2n) is 3.47. The largest absolute Gasteiger partial charge is 0.468 e. The van der Waals surface area contributed by atoms with E-state index < -0.39 is 0 Å². The Bertz CT molecular complexity index is 536. The number of hydrogen-bond donors (Lipinski definition) is 1. The van der Waals surface area contributed by atoms with Gasteiger partial charge in [-0.05, 0) is 12.1 Å². The number of anilines is 1. The number of rotatable bonds is 3. The number of ether oxygens (including phenoxy) is 1. The fourth-order valence-electron chi connectivity index (χ4n) is 1.38. The number of esters is 1. The maximum Gasteiger partial charge on any atom is 0.327 e. The van der Waals surface area contributed by atoms with Crippen LogP contribution in [0.2, 0.25) is 0 Å². The molecule has 0 bridgehead atoms. The second-order valence-corrected chi connectivity index (χ2v) is 3.47. The van der Waals surface area contributed by atoms with Crippen LogP contribution in [0.25, 0.3) is 11.4 Å². The topological polar surface area (TPSA) is 83.0 Å². The van der Waals surface area contributed by atoms with Gasteiger partial charge in [0.2, 0.25) is 0 Å². The van der Waals surface area contributed by atoms with Crippen molar-refractivity contribution in [3.8, 4) is 11.4 Å². The molecule has 0 aliphatic heterocycles. The Morgan fingerprint density at radius 3 is 3.06 bits per heavy atom. The van der Waals surface area contributed by atoms with Gasteiger partial charge in [-0.1, -0.05) is 12.1 Å². The quantitative estimate of drug-likeness (QED) is 0.622. The highest BCUT2D eigenvalue weighted by Crippen LogP contribution is 2.16. The number of carbonyl (C=O) groups excluding carboxylic acids is 1. The molecule has 2 rings (SSSR count). The summed E-state index contributed by atoms with van der Waals surface area (Å²) in [7, 11) is 1.33. The van der Waals surface area contributed by atoms with Crippen molar-refractivity contribution < 1.29 is 9.53 Å². The maximum absolute atomic E-state index is 11.1. The Labute approximate surface area is 98.0 Å². The summed E-state index contributed by atoms with van der Waals surface area (Å²) in [4.78, 5) is 15.2. The zero-order valence-corrected chi connectivity index (χ0v) is 9.33. The smallest absolute Gasteiger partial charge is 0.327 e. The van der Waals surface area contributed by atoms with Gasteiger partial charge in [-0.25, -0.2) is 9.67 Å². The number of benzene rings is 1. The van der Waals surface area contributed by atoms with Crippen LogP contribution in [-0.2, 0) is 16.1 Å². The van der Waals surface area contributed by atoms with Gasteiger partial charge in [0.05, 0.1) is 7.11 Å². The molecule has 0 aliphatic rings. The van der Waals surface area contributed by atoms with E-state index in [-0.39, 0.29) is 12.5 Å². The summed E-state index contributed by atoms with van der Waals surface area (Å²) in [5.74, 6) is 0.162. The number of methoxy groups -OCH3 is 1. The summed E-state index contributed by atoms with van der Waals surface area (Å²) < 4.78 is 5.96. The lowest BCUT2D eigenvalue weighted by Gasteiger charge is -1.98. The number of carbonyl (C=O) groups is 1. The van der Waals surface area contributed by atoms with Gasteiger partial charge in [0.15, 0.2) is 5.82 Å². The van der Waals surface area contributed by atoms with Crippen molar-refractivity contribution in [2.45, 2.75) is 6.54 Å². The Kier molecular flexibility index (Phi) is 3.04. The predicted octanol–water partition coefficient (Wildman–Crippen LogP) is 0.700. The van der Waals surface area contributed by atoms with Crippen molar-refractivity contribution in [1.29, 1.82) is 0 Å². The Morgan fingerprint density at radius 2 is 2.35 bits per heavy atom. The van der Waals surface area contributed by atoms with Crippen LogP contribution in [-0.4, -0.2) is 27.8 Å². The molecule has 6 nitrogen and oxygen atoms in total. The van der Waals surface area contributed by atoms with Crippen LogP contribution in [0.4, 0.5) is 5.69 Å². The van der Waals surface area contributed by atoms with E-state index in [1.807, 2.05) is 12.1 Å². The summed E-state index contributed by atoms with van der Waals surface area (Å²) in [5, 5.41) is 4.16. The van der Waals surface area contributed by atoms with Crippen molar-refractivity contribution in [3.63, 3.8) is 0 Å². The van der Waals surface area contributed by atoms with Crippen LogP contribution in [0.3, 0.4) is 0 Å². The number of nitrogens with two attached hydrogens (primary N) is 1. The lowest BCUT2D eigenvalue weighted by atomic mass is 10.2. The molecule has 0 radical (unpaired) electrons. The molecule has 17 heavy (non-hydrogen) atoms. The molecule has 0 unspecified atom stereocenters. The standard InChI is InChI=1S/C11H12N4O2/c1-17-10(16)6-15-7-13-11(14-15)8-3-2-4-9(12)5-8/h2-5,7H,6,12H2,1H3. The van der Waals surface area contributed by atoms with E-state index in [2.05, 4.69) is 14.8 Å². The van der Waals surface area contributed by atoms with Crippen LogP contribution in [0.1, 0.15) is 0 Å². The van der Waals surface area contributed by atoms with Crippen molar-refractivity contribution >= 4 is 11.7 Å². The summed E-state index contributed by atoms with van der Waals surface area (Å²) in [5.41, 5.74) is 7.13. The highest BCUT2D eigenvalue weighted by atomic mass is 16.5. The van der Waals surface area contributed by atoms with Crippen molar-refractivity contribution in [2.24, 2.45) is 0 Å². The molecule has 0 spiro atoms. The normalized spacial score (nSPS) is 10.2. The number of aromatic nitrogens is 3. The first kappa shape index (κ1) is 11.1. The fraction of sp³-hybridized carbons (Fsp3) is 0.182. The maximum atomic E-state index is 11.1. The summed E-state index contributed by atoms with van der Waals surface area (Å²) >= 11 is 0. The zero-order chi connectivity index (χ0) is 12.3. The number of hydrogen-bond acceptors (Lipinski definition) is 5. The first-order chi connectivity index (χ1) is 8.19. The average Bonchev–Trinajstić information content (AvgIpc) is 2.77. The third-order valence-corrected chi connectivity index (χ3v) is 2.20. The summed E-state index contributed by atoms with van der Waals surface area (Å²) in [6.45, 7) is 0.0474. The van der Waals surface area contributed by atoms with Gasteiger partial charge >= 0.3 is 5.97 Å². The third kappa shape index (κ3) is 2.60. The van der Waals surface area contributed by atoms with Crippen LogP contribution in [0, 0.1) is 0 Å². The average molecular weight is 232 g/mol. The number of nitrogen functional groups attached to an aromatic ring is 1. The third-order valence-electron chi connectivity index (χ3n) is 2.20. The molecular weight excluding hydrogens is 220 g/mol. The van der Waals surface area contributed by atoms with Gasteiger partial charge in [0.25, 0.3) is 0 Å². The van der Waals surface area contributed by atoms with Crippen molar-refractivity contribution in [1.82, 2.24) is 14.8 Å². The molecule has 2 aromatic rings. The van der Waals surface area contributed by atoms with Gasteiger partial charge < -0.3 is 10.5 Å². The fourth-order valence-corrected chi connectivity index (χ4v) is 1.38. The molecule has 1 heterocycles. The molecule has 2 N–H and O–H groups in total. The molecule has 6 heteroatoms. The van der Waals surface area contributed by atoms with Crippen LogP contribution >= 0.6 is 0 Å². The number of nitrogens with zero attached hydrogens (tertiary/aromatic N) is 3. The Balaban J connectivity index is 2.21. The van der Waals surface area contributed by atoms with E-state index in [4.69, 9.17) is 5.73 Å². The van der Waals surface area contributed by atoms with Gasteiger partial charge in [-0.3, -0.25) is 4.79 Å². The summed E-state index contributed by atoms with van der Waals surface area (Å²) in [6, 6.07) is 7.24.